The maximum Gasteiger partial charge on any atom is 0.404 e. The molecular formula is C7H14N2O2. The summed E-state index contributed by atoms with van der Waals surface area (Å²) in [6, 6.07) is 0. The van der Waals surface area contributed by atoms with Gasteiger partial charge >= 0.3 is 6.09 Å². The molecule has 0 aromatic rings. The molecule has 0 bridgehead atoms. The van der Waals surface area contributed by atoms with Crippen LogP contribution >= 0.6 is 0 Å². The van der Waals surface area contributed by atoms with Crippen molar-refractivity contribution in [3.8, 4) is 0 Å². The van der Waals surface area contributed by atoms with Crippen molar-refractivity contribution in [3.63, 3.8) is 0 Å². The topological polar surface area (TPSA) is 64.3 Å². The molecule has 4 nitrogen and oxygen atoms in total. The fraction of sp³-hybridized carbons (Fsp3) is 0.857. The molecule has 0 saturated carbocycles. The van der Waals surface area contributed by atoms with E-state index in [-0.39, 0.29) is 5.41 Å². The largest absolute Gasteiger partial charge is 0.449 e. The maximum absolute atomic E-state index is 10.3. The molecule has 1 saturated heterocycles. The third-order valence-corrected chi connectivity index (χ3v) is 2.02. The molecule has 64 valence electrons. The van der Waals surface area contributed by atoms with Gasteiger partial charge in [-0.3, -0.25) is 0 Å². The third kappa shape index (κ3) is 2.38. The number of rotatable bonds is 2. The number of carbonyl (C=O) groups excluding carboxylic acids is 1. The lowest BCUT2D eigenvalue weighted by atomic mass is 9.91. The first-order valence-corrected chi connectivity index (χ1v) is 3.75. The second-order valence-electron chi connectivity index (χ2n) is 3.35. The van der Waals surface area contributed by atoms with Gasteiger partial charge in [-0.25, -0.2) is 4.79 Å². The summed E-state index contributed by atoms with van der Waals surface area (Å²) in [6.07, 6.45) is 0.360. The normalized spacial score (nSPS) is 30.3. The molecule has 0 aliphatic carbocycles. The van der Waals surface area contributed by atoms with Crippen LogP contribution in [-0.4, -0.2) is 25.8 Å². The fourth-order valence-corrected chi connectivity index (χ4v) is 1.24. The van der Waals surface area contributed by atoms with Crippen molar-refractivity contribution in [2.24, 2.45) is 11.1 Å². The lowest BCUT2D eigenvalue weighted by Gasteiger charge is -2.20. The summed E-state index contributed by atoms with van der Waals surface area (Å²) in [5.74, 6) is 0. The molecule has 0 radical (unpaired) electrons. The van der Waals surface area contributed by atoms with Gasteiger partial charge in [-0.05, 0) is 13.0 Å². The smallest absolute Gasteiger partial charge is 0.404 e. The highest BCUT2D eigenvalue weighted by molar-refractivity contribution is 5.64. The van der Waals surface area contributed by atoms with Crippen molar-refractivity contribution >= 4 is 6.09 Å². The highest BCUT2D eigenvalue weighted by atomic mass is 16.5. The Balaban J connectivity index is 2.28. The molecule has 4 heteroatoms. The molecule has 1 aliphatic rings. The summed E-state index contributed by atoms with van der Waals surface area (Å²) in [5, 5.41) is 3.20. The van der Waals surface area contributed by atoms with Crippen molar-refractivity contribution in [1.82, 2.24) is 5.32 Å². The van der Waals surface area contributed by atoms with Crippen LogP contribution in [0.2, 0.25) is 0 Å². The van der Waals surface area contributed by atoms with Crippen molar-refractivity contribution in [1.29, 1.82) is 0 Å². The summed E-state index contributed by atoms with van der Waals surface area (Å²) < 4.78 is 4.73. The van der Waals surface area contributed by atoms with Crippen LogP contribution in [0.3, 0.4) is 0 Å². The molecule has 1 atom stereocenters. The molecule has 0 aromatic heterocycles. The van der Waals surface area contributed by atoms with Crippen molar-refractivity contribution in [2.75, 3.05) is 19.7 Å². The average Bonchev–Trinajstić information content (AvgIpc) is 2.33. The predicted molar refractivity (Wildman–Crippen MR) is 41.1 cm³/mol. The number of primary amides is 1. The number of hydrogen-bond donors (Lipinski definition) is 2. The van der Waals surface area contributed by atoms with Crippen LogP contribution in [0.5, 0.6) is 0 Å². The van der Waals surface area contributed by atoms with Crippen LogP contribution < -0.4 is 11.1 Å². The van der Waals surface area contributed by atoms with E-state index in [2.05, 4.69) is 12.2 Å². The van der Waals surface area contributed by atoms with Gasteiger partial charge in [-0.1, -0.05) is 6.92 Å². The number of hydrogen-bond acceptors (Lipinski definition) is 3. The van der Waals surface area contributed by atoms with Crippen molar-refractivity contribution in [3.05, 3.63) is 0 Å². The first kappa shape index (κ1) is 8.33. The van der Waals surface area contributed by atoms with Gasteiger partial charge in [0.05, 0.1) is 6.61 Å². The van der Waals surface area contributed by atoms with E-state index in [0.717, 1.165) is 19.5 Å². The Labute approximate surface area is 66.1 Å². The number of nitrogens with one attached hydrogen (secondary N) is 1. The lowest BCUT2D eigenvalue weighted by molar-refractivity contribution is 0.107. The quantitative estimate of drug-likeness (QED) is 0.598. The zero-order valence-electron chi connectivity index (χ0n) is 6.72. The molecular weight excluding hydrogens is 144 g/mol. The molecule has 1 aliphatic heterocycles. The van der Waals surface area contributed by atoms with Gasteiger partial charge < -0.3 is 15.8 Å². The van der Waals surface area contributed by atoms with E-state index in [1.807, 2.05) is 0 Å². The molecule has 0 spiro atoms. The number of carbonyl (C=O) groups is 1. The van der Waals surface area contributed by atoms with Crippen molar-refractivity contribution in [2.45, 2.75) is 13.3 Å². The number of nitrogens with two attached hydrogens (primary N) is 1. The van der Waals surface area contributed by atoms with E-state index in [9.17, 15) is 4.79 Å². The van der Waals surface area contributed by atoms with Crippen LogP contribution in [0.4, 0.5) is 4.79 Å². The Hall–Kier alpha value is -0.770. The van der Waals surface area contributed by atoms with Gasteiger partial charge in [-0.15, -0.1) is 0 Å². The highest BCUT2D eigenvalue weighted by Gasteiger charge is 2.29. The van der Waals surface area contributed by atoms with Gasteiger partial charge in [0.1, 0.15) is 0 Å². The summed E-state index contributed by atoms with van der Waals surface area (Å²) >= 11 is 0. The van der Waals surface area contributed by atoms with Crippen LogP contribution in [0.1, 0.15) is 13.3 Å². The van der Waals surface area contributed by atoms with E-state index in [4.69, 9.17) is 10.5 Å². The lowest BCUT2D eigenvalue weighted by Crippen LogP contribution is -2.29. The number of ether oxygens (including phenoxy) is 1. The third-order valence-electron chi connectivity index (χ3n) is 2.02. The minimum Gasteiger partial charge on any atom is -0.449 e. The van der Waals surface area contributed by atoms with Gasteiger partial charge in [0.2, 0.25) is 0 Å². The SMILES string of the molecule is CC1(COC(N)=O)CCNC1. The second-order valence-corrected chi connectivity index (χ2v) is 3.35. The minimum absolute atomic E-state index is 0.0923. The Morgan fingerprint density at radius 3 is 3.00 bits per heavy atom. The van der Waals surface area contributed by atoms with E-state index in [1.165, 1.54) is 0 Å². The first-order valence-electron chi connectivity index (χ1n) is 3.75. The zero-order chi connectivity index (χ0) is 8.32. The molecule has 1 amide bonds. The van der Waals surface area contributed by atoms with E-state index in [1.54, 1.807) is 0 Å². The molecule has 1 heterocycles. The summed E-state index contributed by atoms with van der Waals surface area (Å²) in [7, 11) is 0. The molecule has 1 rings (SSSR count). The molecule has 1 unspecified atom stereocenters. The van der Waals surface area contributed by atoms with E-state index >= 15 is 0 Å². The van der Waals surface area contributed by atoms with Gasteiger partial charge in [0.15, 0.2) is 0 Å². The summed E-state index contributed by atoms with van der Waals surface area (Å²) in [4.78, 5) is 10.3. The van der Waals surface area contributed by atoms with Crippen molar-refractivity contribution < 1.29 is 9.53 Å². The summed E-state index contributed by atoms with van der Waals surface area (Å²) in [5.41, 5.74) is 4.94. The highest BCUT2D eigenvalue weighted by Crippen LogP contribution is 2.24. The number of amides is 1. The van der Waals surface area contributed by atoms with Gasteiger partial charge in [0.25, 0.3) is 0 Å². The zero-order valence-corrected chi connectivity index (χ0v) is 6.72. The Morgan fingerprint density at radius 2 is 2.55 bits per heavy atom. The van der Waals surface area contributed by atoms with E-state index in [0.29, 0.717) is 6.61 Å². The standard InChI is InChI=1S/C7H14N2O2/c1-7(2-3-9-4-7)5-11-6(8)10/h9H,2-5H2,1H3,(H2,8,10). The fourth-order valence-electron chi connectivity index (χ4n) is 1.24. The van der Waals surface area contributed by atoms with Gasteiger partial charge in [0, 0.05) is 12.0 Å². The molecule has 0 aromatic carbocycles. The average molecular weight is 158 g/mol. The predicted octanol–water partition coefficient (Wildman–Crippen LogP) is 0.0813. The van der Waals surface area contributed by atoms with E-state index < -0.39 is 6.09 Å². The van der Waals surface area contributed by atoms with Crippen LogP contribution in [0.25, 0.3) is 0 Å². The van der Waals surface area contributed by atoms with Gasteiger partial charge in [-0.2, -0.15) is 0 Å². The van der Waals surface area contributed by atoms with Crippen LogP contribution in [0.15, 0.2) is 0 Å². The van der Waals surface area contributed by atoms with Crippen LogP contribution in [-0.2, 0) is 4.74 Å². The minimum atomic E-state index is -0.682. The second kappa shape index (κ2) is 3.09. The Bertz CT molecular complexity index is 153. The molecule has 1 fully saturated rings. The molecule has 11 heavy (non-hydrogen) atoms. The Kier molecular flexibility index (Phi) is 2.34. The monoisotopic (exact) mass is 158 g/mol. The molecule has 3 N–H and O–H groups in total. The van der Waals surface area contributed by atoms with Crippen LogP contribution in [0, 0.1) is 5.41 Å². The Morgan fingerprint density at radius 1 is 1.82 bits per heavy atom. The summed E-state index contributed by atoms with van der Waals surface area (Å²) in [6.45, 7) is 4.41. The maximum atomic E-state index is 10.3. The first-order chi connectivity index (χ1) is 5.12.